The molecule has 1 amide bonds. The van der Waals surface area contributed by atoms with E-state index in [1.54, 1.807) is 12.1 Å². The maximum absolute atomic E-state index is 14.2. The molecule has 3 unspecified atom stereocenters. The SMILES string of the molecule is COC(=O)c1ccc(CC2CCC(C(O[Si](C)(C)C(C)(C)C)C3=CCC(=NC(C)(C)C4=CCCC=CC4)N/C=C\C3)N2C(=O)OC(C)(C)C)cc1. The molecular formula is C42H63N3O5Si. The predicted octanol–water partition coefficient (Wildman–Crippen LogP) is 9.84. The van der Waals surface area contributed by atoms with E-state index in [1.165, 1.54) is 18.3 Å². The first-order valence-corrected chi connectivity index (χ1v) is 21.6. The number of allylic oxidation sites excluding steroid dienone is 4. The number of rotatable bonds is 9. The zero-order valence-electron chi connectivity index (χ0n) is 33.1. The third kappa shape index (κ3) is 10.8. The Morgan fingerprint density at radius 1 is 0.922 bits per heavy atom. The average Bonchev–Trinajstić information content (AvgIpc) is 3.23. The molecule has 1 aromatic carbocycles. The number of esters is 1. The highest BCUT2D eigenvalue weighted by Crippen LogP contribution is 2.42. The highest BCUT2D eigenvalue weighted by Gasteiger charge is 2.48. The molecule has 51 heavy (non-hydrogen) atoms. The standard InChI is InChI=1S/C42H63N3O5Si/c1-40(2,3)49-39(47)45-34(29-30-20-22-32(23-21-30)38(46)48-9)25-26-35(45)37(50-51(10,11)41(4,5)6)31-17-16-28-43-36(27-24-31)44-42(7,8)33-18-14-12-13-15-19-33/h12,14,16,19-24,28,34-35,37H,13,15,17-18,25-27,29H2,1-11H3,(H,43,44)/b28-16-,31-24?. The summed E-state index contributed by atoms with van der Waals surface area (Å²) in [5, 5.41) is 3.44. The van der Waals surface area contributed by atoms with Crippen LogP contribution in [0.3, 0.4) is 0 Å². The van der Waals surface area contributed by atoms with Crippen LogP contribution in [0.1, 0.15) is 116 Å². The van der Waals surface area contributed by atoms with Gasteiger partial charge >= 0.3 is 12.1 Å². The van der Waals surface area contributed by atoms with Crippen LogP contribution in [0, 0.1) is 0 Å². The van der Waals surface area contributed by atoms with Crippen molar-refractivity contribution >= 4 is 26.2 Å². The monoisotopic (exact) mass is 717 g/mol. The Bertz CT molecular complexity index is 1540. The number of methoxy groups -OCH3 is 1. The summed E-state index contributed by atoms with van der Waals surface area (Å²) < 4.78 is 18.4. The Morgan fingerprint density at radius 3 is 2.27 bits per heavy atom. The molecule has 3 atom stereocenters. The quantitative estimate of drug-likeness (QED) is 0.155. The molecular weight excluding hydrogens is 655 g/mol. The first-order chi connectivity index (χ1) is 23.8. The lowest BCUT2D eigenvalue weighted by molar-refractivity contribution is 0.00226. The minimum absolute atomic E-state index is 0.0293. The van der Waals surface area contributed by atoms with Gasteiger partial charge in [0.25, 0.3) is 0 Å². The molecule has 280 valence electrons. The van der Waals surface area contributed by atoms with Crippen LogP contribution in [-0.2, 0) is 20.3 Å². The van der Waals surface area contributed by atoms with Crippen LogP contribution in [0.15, 0.2) is 77.0 Å². The van der Waals surface area contributed by atoms with E-state index in [9.17, 15) is 9.59 Å². The van der Waals surface area contributed by atoms with Gasteiger partial charge in [-0.1, -0.05) is 63.3 Å². The molecule has 1 aromatic rings. The number of carbonyl (C=O) groups is 2. The maximum Gasteiger partial charge on any atom is 0.410 e. The number of amides is 1. The topological polar surface area (TPSA) is 89.5 Å². The Labute approximate surface area is 308 Å². The molecule has 0 aromatic heterocycles. The van der Waals surface area contributed by atoms with Crippen LogP contribution in [0.5, 0.6) is 0 Å². The normalized spacial score (nSPS) is 22.6. The minimum atomic E-state index is -2.31. The number of nitrogens with zero attached hydrogens (tertiary/aromatic N) is 2. The molecule has 0 saturated carbocycles. The Hall–Kier alpha value is -3.43. The highest BCUT2D eigenvalue weighted by atomic mass is 28.4. The lowest BCUT2D eigenvalue weighted by Crippen LogP contribution is -2.54. The van der Waals surface area contributed by atoms with Crippen molar-refractivity contribution in [2.75, 3.05) is 7.11 Å². The molecule has 0 radical (unpaired) electrons. The molecule has 1 aliphatic carbocycles. The molecule has 2 heterocycles. The number of nitrogens with one attached hydrogen (secondary N) is 1. The van der Waals surface area contributed by atoms with Gasteiger partial charge in [0.05, 0.1) is 30.4 Å². The van der Waals surface area contributed by atoms with Crippen LogP contribution in [0.4, 0.5) is 4.79 Å². The summed E-state index contributed by atoms with van der Waals surface area (Å²) >= 11 is 0. The summed E-state index contributed by atoms with van der Waals surface area (Å²) in [5.41, 5.74) is 3.07. The van der Waals surface area contributed by atoms with E-state index in [-0.39, 0.29) is 40.8 Å². The first-order valence-electron chi connectivity index (χ1n) is 18.7. The number of hydrogen-bond acceptors (Lipinski definition) is 6. The van der Waals surface area contributed by atoms with E-state index in [1.807, 2.05) is 44.0 Å². The molecule has 0 bridgehead atoms. The zero-order chi connectivity index (χ0) is 37.6. The maximum atomic E-state index is 14.2. The predicted molar refractivity (Wildman–Crippen MR) is 211 cm³/mol. The number of hydrogen-bond donors (Lipinski definition) is 1. The first kappa shape index (κ1) is 40.3. The Morgan fingerprint density at radius 2 is 1.63 bits per heavy atom. The fraction of sp³-hybridized carbons (Fsp3) is 0.595. The molecule has 2 aliphatic heterocycles. The summed E-state index contributed by atoms with van der Waals surface area (Å²) in [7, 11) is -0.921. The van der Waals surface area contributed by atoms with Gasteiger partial charge in [-0.05, 0) is 133 Å². The molecule has 1 saturated heterocycles. The van der Waals surface area contributed by atoms with Gasteiger partial charge in [-0.3, -0.25) is 9.89 Å². The summed E-state index contributed by atoms with van der Waals surface area (Å²) in [6.07, 6.45) is 19.3. The van der Waals surface area contributed by atoms with Crippen molar-refractivity contribution in [1.82, 2.24) is 10.2 Å². The molecule has 4 rings (SSSR count). The number of likely N-dealkylation sites (tertiary alicyclic amines) is 1. The van der Waals surface area contributed by atoms with Gasteiger partial charge in [-0.15, -0.1) is 0 Å². The smallest absolute Gasteiger partial charge is 0.410 e. The van der Waals surface area contributed by atoms with E-state index in [0.717, 1.165) is 43.5 Å². The lowest BCUT2D eigenvalue weighted by Gasteiger charge is -2.44. The average molecular weight is 718 g/mol. The number of amidine groups is 1. The fourth-order valence-electron chi connectivity index (χ4n) is 6.78. The summed E-state index contributed by atoms with van der Waals surface area (Å²) in [6, 6.07) is 7.19. The van der Waals surface area contributed by atoms with E-state index < -0.39 is 13.9 Å². The molecule has 1 fully saturated rings. The van der Waals surface area contributed by atoms with E-state index in [4.69, 9.17) is 18.9 Å². The summed E-state index contributed by atoms with van der Waals surface area (Å²) in [5.74, 6) is 0.549. The van der Waals surface area contributed by atoms with Crippen molar-refractivity contribution in [2.45, 2.75) is 154 Å². The second-order valence-electron chi connectivity index (χ2n) is 17.2. The zero-order valence-corrected chi connectivity index (χ0v) is 34.1. The lowest BCUT2D eigenvalue weighted by atomic mass is 9.91. The van der Waals surface area contributed by atoms with Gasteiger partial charge < -0.3 is 19.2 Å². The van der Waals surface area contributed by atoms with Crippen molar-refractivity contribution in [2.24, 2.45) is 4.99 Å². The fourth-order valence-corrected chi connectivity index (χ4v) is 8.07. The number of carbonyl (C=O) groups excluding carboxylic acids is 2. The van der Waals surface area contributed by atoms with E-state index >= 15 is 0 Å². The molecule has 0 spiro atoms. The van der Waals surface area contributed by atoms with Crippen molar-refractivity contribution in [3.63, 3.8) is 0 Å². The van der Waals surface area contributed by atoms with Crippen LogP contribution < -0.4 is 5.32 Å². The van der Waals surface area contributed by atoms with Gasteiger partial charge in [0, 0.05) is 12.5 Å². The Balaban J connectivity index is 1.73. The van der Waals surface area contributed by atoms with E-state index in [0.29, 0.717) is 24.8 Å². The molecule has 9 heteroatoms. The van der Waals surface area contributed by atoms with Crippen molar-refractivity contribution < 1.29 is 23.5 Å². The third-order valence-electron chi connectivity index (χ3n) is 10.6. The van der Waals surface area contributed by atoms with Gasteiger partial charge in [0.1, 0.15) is 11.4 Å². The number of ether oxygens (including phenoxy) is 2. The largest absolute Gasteiger partial charge is 0.465 e. The van der Waals surface area contributed by atoms with Crippen LogP contribution in [0.25, 0.3) is 0 Å². The van der Waals surface area contributed by atoms with E-state index in [2.05, 4.69) is 83.4 Å². The van der Waals surface area contributed by atoms with Crippen LogP contribution in [-0.4, -0.2) is 67.6 Å². The highest BCUT2D eigenvalue weighted by molar-refractivity contribution is 6.74. The number of aliphatic imine (C=N–C) groups is 1. The molecule has 3 aliphatic rings. The Kier molecular flexibility index (Phi) is 13.0. The van der Waals surface area contributed by atoms with Crippen LogP contribution in [0.2, 0.25) is 18.1 Å². The molecule has 8 nitrogen and oxygen atoms in total. The second-order valence-corrected chi connectivity index (χ2v) is 22.0. The van der Waals surface area contributed by atoms with Crippen molar-refractivity contribution in [3.05, 3.63) is 83.1 Å². The second kappa shape index (κ2) is 16.5. The summed E-state index contributed by atoms with van der Waals surface area (Å²) in [4.78, 5) is 33.6. The summed E-state index contributed by atoms with van der Waals surface area (Å²) in [6.45, 7) is 21.5. The van der Waals surface area contributed by atoms with Crippen LogP contribution >= 0.6 is 0 Å². The van der Waals surface area contributed by atoms with Gasteiger partial charge in [0.15, 0.2) is 8.32 Å². The van der Waals surface area contributed by atoms with Crippen molar-refractivity contribution in [1.29, 1.82) is 0 Å². The minimum Gasteiger partial charge on any atom is -0.465 e. The third-order valence-corrected chi connectivity index (χ3v) is 15.1. The van der Waals surface area contributed by atoms with Crippen molar-refractivity contribution in [3.8, 4) is 0 Å². The van der Waals surface area contributed by atoms with Gasteiger partial charge in [0.2, 0.25) is 0 Å². The van der Waals surface area contributed by atoms with Gasteiger partial charge in [-0.25, -0.2) is 9.59 Å². The van der Waals surface area contributed by atoms with Gasteiger partial charge in [-0.2, -0.15) is 0 Å². The molecule has 1 N–H and O–H groups in total. The number of benzene rings is 1.